The zero-order valence-electron chi connectivity index (χ0n) is 12.9. The number of rotatable bonds is 3. The van der Waals surface area contributed by atoms with Crippen LogP contribution in [0.3, 0.4) is 0 Å². The largest absolute Gasteiger partial charge is 0.496 e. The predicted octanol–water partition coefficient (Wildman–Crippen LogP) is 4.73. The Kier molecular flexibility index (Phi) is 4.60. The SMILES string of the molecule is COc1cccc(Cl)c1C(O)c1ccc(C(C)(C)C)cc1. The maximum Gasteiger partial charge on any atom is 0.126 e. The summed E-state index contributed by atoms with van der Waals surface area (Å²) in [6.45, 7) is 6.49. The van der Waals surface area contributed by atoms with Gasteiger partial charge in [0.05, 0.1) is 12.1 Å². The molecule has 3 heteroatoms. The minimum absolute atomic E-state index is 0.0889. The van der Waals surface area contributed by atoms with E-state index in [0.29, 0.717) is 16.3 Å². The van der Waals surface area contributed by atoms with Gasteiger partial charge < -0.3 is 9.84 Å². The van der Waals surface area contributed by atoms with Gasteiger partial charge in [0.25, 0.3) is 0 Å². The Morgan fingerprint density at radius 2 is 1.67 bits per heavy atom. The predicted molar refractivity (Wildman–Crippen MR) is 87.2 cm³/mol. The molecule has 0 saturated carbocycles. The Morgan fingerprint density at radius 3 is 2.19 bits per heavy atom. The summed E-state index contributed by atoms with van der Waals surface area (Å²) in [6.07, 6.45) is -0.803. The molecule has 0 aromatic heterocycles. The molecule has 0 saturated heterocycles. The number of aliphatic hydroxyl groups is 1. The Morgan fingerprint density at radius 1 is 1.05 bits per heavy atom. The minimum Gasteiger partial charge on any atom is -0.496 e. The van der Waals surface area contributed by atoms with Crippen LogP contribution >= 0.6 is 11.6 Å². The third kappa shape index (κ3) is 3.39. The highest BCUT2D eigenvalue weighted by Crippen LogP contribution is 2.36. The molecule has 0 radical (unpaired) electrons. The molecule has 0 amide bonds. The smallest absolute Gasteiger partial charge is 0.126 e. The van der Waals surface area contributed by atoms with E-state index in [1.54, 1.807) is 25.3 Å². The second-order valence-corrected chi connectivity index (χ2v) is 6.54. The summed E-state index contributed by atoms with van der Waals surface area (Å²) >= 11 is 6.22. The lowest BCUT2D eigenvalue weighted by Gasteiger charge is -2.21. The van der Waals surface area contributed by atoms with E-state index in [-0.39, 0.29) is 5.41 Å². The van der Waals surface area contributed by atoms with Crippen LogP contribution in [0.1, 0.15) is 43.6 Å². The van der Waals surface area contributed by atoms with Gasteiger partial charge >= 0.3 is 0 Å². The van der Waals surface area contributed by atoms with Crippen molar-refractivity contribution >= 4 is 11.6 Å². The molecule has 2 aromatic carbocycles. The van der Waals surface area contributed by atoms with Crippen LogP contribution < -0.4 is 4.74 Å². The van der Waals surface area contributed by atoms with E-state index < -0.39 is 6.10 Å². The van der Waals surface area contributed by atoms with Gasteiger partial charge in [-0.15, -0.1) is 0 Å². The van der Waals surface area contributed by atoms with Gasteiger partial charge in [-0.05, 0) is 28.7 Å². The van der Waals surface area contributed by atoms with Crippen molar-refractivity contribution in [1.82, 2.24) is 0 Å². The first-order valence-electron chi connectivity index (χ1n) is 6.95. The summed E-state index contributed by atoms with van der Waals surface area (Å²) in [5.41, 5.74) is 2.72. The van der Waals surface area contributed by atoms with Crippen LogP contribution in [0.4, 0.5) is 0 Å². The van der Waals surface area contributed by atoms with Crippen LogP contribution in [0.2, 0.25) is 5.02 Å². The number of benzene rings is 2. The Balaban J connectivity index is 2.39. The number of aliphatic hydroxyl groups excluding tert-OH is 1. The summed E-state index contributed by atoms with van der Waals surface area (Å²) in [5, 5.41) is 11.1. The molecule has 0 fully saturated rings. The van der Waals surface area contributed by atoms with Crippen molar-refractivity contribution < 1.29 is 9.84 Å². The highest BCUT2D eigenvalue weighted by atomic mass is 35.5. The second-order valence-electron chi connectivity index (χ2n) is 6.13. The molecule has 112 valence electrons. The molecule has 0 spiro atoms. The van der Waals surface area contributed by atoms with Gasteiger partial charge in [-0.25, -0.2) is 0 Å². The van der Waals surface area contributed by atoms with Crippen LogP contribution in [0.15, 0.2) is 42.5 Å². The molecular formula is C18H21ClO2. The van der Waals surface area contributed by atoms with Crippen molar-refractivity contribution in [3.8, 4) is 5.75 Å². The lowest BCUT2D eigenvalue weighted by atomic mass is 9.86. The molecule has 1 unspecified atom stereocenters. The molecule has 0 aliphatic heterocycles. The van der Waals surface area contributed by atoms with Crippen LogP contribution in [0.5, 0.6) is 5.75 Å². The topological polar surface area (TPSA) is 29.5 Å². The average molecular weight is 305 g/mol. The average Bonchev–Trinajstić information content (AvgIpc) is 2.45. The number of ether oxygens (including phenoxy) is 1. The van der Waals surface area contributed by atoms with Crippen molar-refractivity contribution in [2.75, 3.05) is 7.11 Å². The number of hydrogen-bond acceptors (Lipinski definition) is 2. The zero-order chi connectivity index (χ0) is 15.6. The van der Waals surface area contributed by atoms with Gasteiger partial charge in [0.2, 0.25) is 0 Å². The van der Waals surface area contributed by atoms with E-state index in [1.807, 2.05) is 24.3 Å². The molecular weight excluding hydrogens is 284 g/mol. The van der Waals surface area contributed by atoms with Crippen molar-refractivity contribution in [2.45, 2.75) is 32.3 Å². The van der Waals surface area contributed by atoms with E-state index in [1.165, 1.54) is 5.56 Å². The van der Waals surface area contributed by atoms with E-state index >= 15 is 0 Å². The summed E-state index contributed by atoms with van der Waals surface area (Å²) in [6, 6.07) is 13.3. The fourth-order valence-corrected chi connectivity index (χ4v) is 2.56. The van der Waals surface area contributed by atoms with Crippen molar-refractivity contribution in [3.63, 3.8) is 0 Å². The molecule has 0 heterocycles. The molecule has 21 heavy (non-hydrogen) atoms. The quantitative estimate of drug-likeness (QED) is 0.888. The minimum atomic E-state index is -0.803. The van der Waals surface area contributed by atoms with E-state index in [2.05, 4.69) is 20.8 Å². The van der Waals surface area contributed by atoms with Gasteiger partial charge in [0.15, 0.2) is 0 Å². The zero-order valence-corrected chi connectivity index (χ0v) is 13.6. The van der Waals surface area contributed by atoms with Gasteiger partial charge in [-0.2, -0.15) is 0 Å². The van der Waals surface area contributed by atoms with Gasteiger partial charge in [-0.1, -0.05) is 62.7 Å². The summed E-state index contributed by atoms with van der Waals surface area (Å²) in [4.78, 5) is 0. The molecule has 0 aliphatic rings. The first-order chi connectivity index (χ1) is 9.84. The highest BCUT2D eigenvalue weighted by molar-refractivity contribution is 6.31. The maximum atomic E-state index is 10.6. The summed E-state index contributed by atoms with van der Waals surface area (Å²) in [7, 11) is 1.57. The fraction of sp³-hybridized carbons (Fsp3) is 0.333. The van der Waals surface area contributed by atoms with E-state index in [9.17, 15) is 5.11 Å². The molecule has 1 N–H and O–H groups in total. The third-order valence-electron chi connectivity index (χ3n) is 3.60. The summed E-state index contributed by atoms with van der Waals surface area (Å²) < 4.78 is 5.30. The second kappa shape index (κ2) is 6.08. The van der Waals surface area contributed by atoms with Crippen molar-refractivity contribution in [3.05, 3.63) is 64.2 Å². The first-order valence-corrected chi connectivity index (χ1v) is 7.33. The first kappa shape index (κ1) is 15.9. The number of hydrogen-bond donors (Lipinski definition) is 1. The highest BCUT2D eigenvalue weighted by Gasteiger charge is 2.20. The van der Waals surface area contributed by atoms with Crippen LogP contribution in [0, 0.1) is 0 Å². The molecule has 0 bridgehead atoms. The van der Waals surface area contributed by atoms with Gasteiger partial charge in [-0.3, -0.25) is 0 Å². The Bertz CT molecular complexity index is 612. The van der Waals surface area contributed by atoms with Crippen molar-refractivity contribution in [1.29, 1.82) is 0 Å². The molecule has 2 nitrogen and oxygen atoms in total. The van der Waals surface area contributed by atoms with Gasteiger partial charge in [0, 0.05) is 5.56 Å². The van der Waals surface area contributed by atoms with Crippen LogP contribution in [0.25, 0.3) is 0 Å². The fourth-order valence-electron chi connectivity index (χ4n) is 2.29. The molecule has 2 rings (SSSR count). The van der Waals surface area contributed by atoms with Crippen molar-refractivity contribution in [2.24, 2.45) is 0 Å². The number of methoxy groups -OCH3 is 1. The standard InChI is InChI=1S/C18H21ClO2/c1-18(2,3)13-10-8-12(9-11-13)17(20)16-14(19)6-5-7-15(16)21-4/h5-11,17,20H,1-4H3. The van der Waals surface area contributed by atoms with E-state index in [0.717, 1.165) is 5.56 Å². The van der Waals surface area contributed by atoms with Crippen LogP contribution in [-0.2, 0) is 5.41 Å². The van der Waals surface area contributed by atoms with Gasteiger partial charge in [0.1, 0.15) is 11.9 Å². The molecule has 0 aliphatic carbocycles. The Labute approximate surface area is 131 Å². The monoisotopic (exact) mass is 304 g/mol. The lowest BCUT2D eigenvalue weighted by molar-refractivity contribution is 0.215. The Hall–Kier alpha value is -1.51. The lowest BCUT2D eigenvalue weighted by Crippen LogP contribution is -2.11. The van der Waals surface area contributed by atoms with Crippen LogP contribution in [-0.4, -0.2) is 12.2 Å². The summed E-state index contributed by atoms with van der Waals surface area (Å²) in [5.74, 6) is 0.592. The molecule has 1 atom stereocenters. The van der Waals surface area contributed by atoms with E-state index in [4.69, 9.17) is 16.3 Å². The molecule has 2 aromatic rings. The number of halogens is 1. The maximum absolute atomic E-state index is 10.6. The normalized spacial score (nSPS) is 13.0. The third-order valence-corrected chi connectivity index (χ3v) is 3.93.